The van der Waals surface area contributed by atoms with Crippen LogP contribution < -0.4 is 5.73 Å². The van der Waals surface area contributed by atoms with E-state index in [2.05, 4.69) is 0 Å². The molecule has 13 heavy (non-hydrogen) atoms. The number of hydrogen-bond donors (Lipinski definition) is 5. The summed E-state index contributed by atoms with van der Waals surface area (Å²) < 4.78 is 4.89. The van der Waals surface area contributed by atoms with Crippen LogP contribution in [0.25, 0.3) is 0 Å². The number of hydrogen-bond acceptors (Lipinski definition) is 6. The highest BCUT2D eigenvalue weighted by molar-refractivity contribution is 4.94. The Labute approximate surface area is 75.6 Å². The summed E-state index contributed by atoms with van der Waals surface area (Å²) in [7, 11) is 0. The lowest BCUT2D eigenvalue weighted by Gasteiger charge is -2.43. The van der Waals surface area contributed by atoms with Gasteiger partial charge in [0.2, 0.25) is 0 Å². The number of nitrogens with two attached hydrogens (primary N) is 1. The van der Waals surface area contributed by atoms with Crippen LogP contribution in [0.5, 0.6) is 0 Å². The fraction of sp³-hybridized carbons (Fsp3) is 1.00. The molecule has 1 rings (SSSR count). The Morgan fingerprint density at radius 3 is 2.31 bits per heavy atom. The molecule has 0 unspecified atom stereocenters. The maximum Gasteiger partial charge on any atom is 0.192 e. The van der Waals surface area contributed by atoms with Gasteiger partial charge >= 0.3 is 0 Å². The van der Waals surface area contributed by atoms with Gasteiger partial charge in [-0.15, -0.1) is 0 Å². The standard InChI is InChI=1S/C7H15NO5/c1-7(12)6(11)5(10)4(9)3(2-8)13-7/h3-6,9-12H,2,8H2,1H3/t3-,4+,5+,6-,7+/m1/s1. The molecule has 0 aromatic heterocycles. The van der Waals surface area contributed by atoms with Gasteiger partial charge in [-0.25, -0.2) is 0 Å². The minimum atomic E-state index is -1.87. The first-order valence-corrected chi connectivity index (χ1v) is 4.04. The second-order valence-corrected chi connectivity index (χ2v) is 3.37. The molecule has 78 valence electrons. The average molecular weight is 193 g/mol. The minimum absolute atomic E-state index is 0.0406. The van der Waals surface area contributed by atoms with Crippen molar-refractivity contribution in [2.75, 3.05) is 6.54 Å². The van der Waals surface area contributed by atoms with Crippen LogP contribution in [-0.2, 0) is 4.74 Å². The highest BCUT2D eigenvalue weighted by atomic mass is 16.7. The van der Waals surface area contributed by atoms with E-state index < -0.39 is 30.2 Å². The van der Waals surface area contributed by atoms with Crippen molar-refractivity contribution in [3.05, 3.63) is 0 Å². The molecule has 0 bridgehead atoms. The third kappa shape index (κ3) is 1.83. The van der Waals surface area contributed by atoms with E-state index >= 15 is 0 Å². The fourth-order valence-electron chi connectivity index (χ4n) is 1.36. The Kier molecular flexibility index (Phi) is 2.91. The summed E-state index contributed by atoms with van der Waals surface area (Å²) in [5, 5.41) is 37.3. The molecule has 0 saturated carbocycles. The van der Waals surface area contributed by atoms with Gasteiger partial charge in [-0.3, -0.25) is 0 Å². The summed E-state index contributed by atoms with van der Waals surface area (Å²) >= 11 is 0. The van der Waals surface area contributed by atoms with Gasteiger partial charge in [0.25, 0.3) is 0 Å². The van der Waals surface area contributed by atoms with E-state index in [1.807, 2.05) is 0 Å². The van der Waals surface area contributed by atoms with Gasteiger partial charge in [-0.1, -0.05) is 0 Å². The van der Waals surface area contributed by atoms with Crippen LogP contribution in [0.3, 0.4) is 0 Å². The molecule has 1 aliphatic heterocycles. The van der Waals surface area contributed by atoms with Gasteiger partial charge in [0.15, 0.2) is 5.79 Å². The summed E-state index contributed by atoms with van der Waals surface area (Å²) in [5.41, 5.74) is 5.23. The van der Waals surface area contributed by atoms with Crippen molar-refractivity contribution in [2.24, 2.45) is 5.73 Å². The predicted molar refractivity (Wildman–Crippen MR) is 42.6 cm³/mol. The zero-order valence-corrected chi connectivity index (χ0v) is 7.29. The van der Waals surface area contributed by atoms with E-state index in [-0.39, 0.29) is 6.54 Å². The second kappa shape index (κ2) is 3.49. The highest BCUT2D eigenvalue weighted by Gasteiger charge is 2.49. The molecule has 0 aliphatic carbocycles. The fourth-order valence-corrected chi connectivity index (χ4v) is 1.36. The third-order valence-electron chi connectivity index (χ3n) is 2.23. The Morgan fingerprint density at radius 2 is 1.85 bits per heavy atom. The van der Waals surface area contributed by atoms with Gasteiger partial charge in [-0.2, -0.15) is 0 Å². The van der Waals surface area contributed by atoms with Crippen LogP contribution in [-0.4, -0.2) is 57.2 Å². The molecule has 0 amide bonds. The SMILES string of the molecule is C[C@]1(O)O[C@H](CN)[C@H](O)[C@H](O)[C@H]1O. The van der Waals surface area contributed by atoms with Gasteiger partial charge in [0.1, 0.15) is 24.4 Å². The minimum Gasteiger partial charge on any atom is -0.388 e. The van der Waals surface area contributed by atoms with Gasteiger partial charge in [-0.05, 0) is 6.92 Å². The molecule has 6 nitrogen and oxygen atoms in total. The first kappa shape index (κ1) is 10.8. The lowest BCUT2D eigenvalue weighted by Crippen LogP contribution is -2.64. The van der Waals surface area contributed by atoms with Crippen molar-refractivity contribution in [3.8, 4) is 0 Å². The van der Waals surface area contributed by atoms with Gasteiger partial charge < -0.3 is 30.9 Å². The number of aliphatic hydroxyl groups excluding tert-OH is 3. The summed E-state index contributed by atoms with van der Waals surface area (Å²) in [4.78, 5) is 0. The van der Waals surface area contributed by atoms with Crippen molar-refractivity contribution in [2.45, 2.75) is 37.1 Å². The highest BCUT2D eigenvalue weighted by Crippen LogP contribution is 2.26. The van der Waals surface area contributed by atoms with Crippen molar-refractivity contribution in [1.29, 1.82) is 0 Å². The van der Waals surface area contributed by atoms with Crippen molar-refractivity contribution >= 4 is 0 Å². The van der Waals surface area contributed by atoms with Crippen LogP contribution in [0.4, 0.5) is 0 Å². The number of aliphatic hydroxyl groups is 4. The smallest absolute Gasteiger partial charge is 0.192 e. The molecule has 0 spiro atoms. The molecule has 0 aromatic rings. The quantitative estimate of drug-likeness (QED) is 0.306. The van der Waals surface area contributed by atoms with E-state index in [9.17, 15) is 20.4 Å². The Hall–Kier alpha value is -0.240. The summed E-state index contributed by atoms with van der Waals surface area (Å²) in [6.45, 7) is 1.16. The first-order chi connectivity index (χ1) is 5.90. The molecule has 5 atom stereocenters. The third-order valence-corrected chi connectivity index (χ3v) is 2.23. The van der Waals surface area contributed by atoms with Crippen LogP contribution in [0.1, 0.15) is 6.92 Å². The molecule has 6 heteroatoms. The van der Waals surface area contributed by atoms with Crippen molar-refractivity contribution in [3.63, 3.8) is 0 Å². The molecule has 1 aliphatic rings. The van der Waals surface area contributed by atoms with Crippen LogP contribution in [0, 0.1) is 0 Å². The molecule has 0 radical (unpaired) electrons. The first-order valence-electron chi connectivity index (χ1n) is 4.04. The lowest BCUT2D eigenvalue weighted by atomic mass is 9.93. The zero-order valence-electron chi connectivity index (χ0n) is 7.29. The van der Waals surface area contributed by atoms with E-state index in [0.29, 0.717) is 0 Å². The molecular weight excluding hydrogens is 178 g/mol. The zero-order chi connectivity index (χ0) is 10.2. The molecule has 1 heterocycles. The summed E-state index contributed by atoms with van der Waals surface area (Å²) in [6.07, 6.45) is -5.13. The molecule has 6 N–H and O–H groups in total. The van der Waals surface area contributed by atoms with E-state index in [1.165, 1.54) is 6.92 Å². The maximum atomic E-state index is 9.43. The Bertz CT molecular complexity index is 184. The van der Waals surface area contributed by atoms with Gasteiger partial charge in [0.05, 0.1) is 0 Å². The molecular formula is C7H15NO5. The number of rotatable bonds is 1. The maximum absolute atomic E-state index is 9.43. The van der Waals surface area contributed by atoms with Crippen LogP contribution in [0.15, 0.2) is 0 Å². The number of ether oxygens (including phenoxy) is 1. The van der Waals surface area contributed by atoms with E-state index in [4.69, 9.17) is 10.5 Å². The second-order valence-electron chi connectivity index (χ2n) is 3.37. The Balaban J connectivity index is 2.79. The Morgan fingerprint density at radius 1 is 1.31 bits per heavy atom. The van der Waals surface area contributed by atoms with E-state index in [1.54, 1.807) is 0 Å². The van der Waals surface area contributed by atoms with Crippen molar-refractivity contribution < 1.29 is 25.2 Å². The lowest BCUT2D eigenvalue weighted by molar-refractivity contribution is -0.335. The largest absolute Gasteiger partial charge is 0.388 e. The monoisotopic (exact) mass is 193 g/mol. The van der Waals surface area contributed by atoms with Crippen LogP contribution >= 0.6 is 0 Å². The van der Waals surface area contributed by atoms with Crippen molar-refractivity contribution in [1.82, 2.24) is 0 Å². The predicted octanol–water partition coefficient (Wildman–Crippen LogP) is -2.86. The summed E-state index contributed by atoms with van der Waals surface area (Å²) in [6, 6.07) is 0. The van der Waals surface area contributed by atoms with E-state index in [0.717, 1.165) is 0 Å². The average Bonchev–Trinajstić information content (AvgIpc) is 2.08. The molecule has 1 fully saturated rings. The normalized spacial score (nSPS) is 52.2. The topological polar surface area (TPSA) is 116 Å². The van der Waals surface area contributed by atoms with Crippen LogP contribution in [0.2, 0.25) is 0 Å². The summed E-state index contributed by atoms with van der Waals surface area (Å²) in [5.74, 6) is -1.87. The molecule has 1 saturated heterocycles. The van der Waals surface area contributed by atoms with Gasteiger partial charge in [0, 0.05) is 6.54 Å². The molecule has 0 aromatic carbocycles.